The molecule has 3 amide bonds. The fourth-order valence-electron chi connectivity index (χ4n) is 5.24. The summed E-state index contributed by atoms with van der Waals surface area (Å²) >= 11 is 6.14. The van der Waals surface area contributed by atoms with E-state index in [2.05, 4.69) is 10.6 Å². The normalized spacial score (nSPS) is 15.3. The first-order chi connectivity index (χ1) is 23.1. The largest absolute Gasteiger partial charge is 0.495 e. The third kappa shape index (κ3) is 8.53. The SMILES string of the molecule is COc1cc(CC(=O)N2CC(Oc3ccc(C(=O)O)cc3)CC2COc2ccc(C(=O)O)cc2)ccc1NC(=O)Nc1ccccc1Cl. The van der Waals surface area contributed by atoms with E-state index in [0.717, 1.165) is 0 Å². The van der Waals surface area contributed by atoms with Gasteiger partial charge in [0.25, 0.3) is 0 Å². The number of hydrogen-bond acceptors (Lipinski definition) is 7. The molecule has 248 valence electrons. The number of anilines is 2. The van der Waals surface area contributed by atoms with Gasteiger partial charge >= 0.3 is 18.0 Å². The predicted octanol–water partition coefficient (Wildman–Crippen LogP) is 6.06. The Morgan fingerprint density at radius 2 is 1.46 bits per heavy atom. The zero-order valence-corrected chi connectivity index (χ0v) is 26.5. The van der Waals surface area contributed by atoms with Crippen molar-refractivity contribution in [2.24, 2.45) is 0 Å². The fourth-order valence-corrected chi connectivity index (χ4v) is 5.42. The number of halogens is 1. The van der Waals surface area contributed by atoms with Crippen molar-refractivity contribution in [2.45, 2.75) is 25.0 Å². The van der Waals surface area contributed by atoms with Crippen molar-refractivity contribution < 1.29 is 43.6 Å². The summed E-state index contributed by atoms with van der Waals surface area (Å²) in [6.45, 7) is 0.382. The van der Waals surface area contributed by atoms with Crippen LogP contribution in [0.25, 0.3) is 0 Å². The van der Waals surface area contributed by atoms with Crippen molar-refractivity contribution in [3.05, 3.63) is 113 Å². The maximum absolute atomic E-state index is 13.7. The van der Waals surface area contributed by atoms with Crippen LogP contribution in [0.5, 0.6) is 17.2 Å². The van der Waals surface area contributed by atoms with Gasteiger partial charge in [-0.2, -0.15) is 0 Å². The van der Waals surface area contributed by atoms with E-state index in [0.29, 0.717) is 45.6 Å². The van der Waals surface area contributed by atoms with Crippen molar-refractivity contribution >= 4 is 46.9 Å². The quantitative estimate of drug-likeness (QED) is 0.140. The number of benzene rings is 4. The van der Waals surface area contributed by atoms with Gasteiger partial charge in [0, 0.05) is 6.42 Å². The molecule has 4 N–H and O–H groups in total. The Kier molecular flexibility index (Phi) is 10.7. The fraction of sp³-hybridized carbons (Fsp3) is 0.200. The molecule has 0 spiro atoms. The molecule has 0 bridgehead atoms. The van der Waals surface area contributed by atoms with Gasteiger partial charge in [0.05, 0.1) is 53.6 Å². The molecule has 1 heterocycles. The Labute approximate surface area is 280 Å². The van der Waals surface area contributed by atoms with E-state index < -0.39 is 24.1 Å². The summed E-state index contributed by atoms with van der Waals surface area (Å²) in [4.78, 5) is 50.5. The van der Waals surface area contributed by atoms with E-state index in [1.54, 1.807) is 71.6 Å². The molecule has 0 aromatic heterocycles. The van der Waals surface area contributed by atoms with E-state index in [1.807, 2.05) is 0 Å². The van der Waals surface area contributed by atoms with Crippen LogP contribution in [0.4, 0.5) is 16.2 Å². The van der Waals surface area contributed by atoms with Gasteiger partial charge in [0.2, 0.25) is 5.91 Å². The average Bonchev–Trinajstić information content (AvgIpc) is 3.48. The summed E-state index contributed by atoms with van der Waals surface area (Å²) in [5, 5.41) is 24.2. The van der Waals surface area contributed by atoms with Gasteiger partial charge in [0.15, 0.2) is 0 Å². The number of carboxylic acids is 2. The minimum Gasteiger partial charge on any atom is -0.495 e. The maximum Gasteiger partial charge on any atom is 0.335 e. The van der Waals surface area contributed by atoms with Gasteiger partial charge < -0.3 is 40.0 Å². The molecule has 48 heavy (non-hydrogen) atoms. The predicted molar refractivity (Wildman–Crippen MR) is 178 cm³/mol. The summed E-state index contributed by atoms with van der Waals surface area (Å²) in [6, 6.07) is 23.0. The first-order valence-electron chi connectivity index (χ1n) is 14.8. The first kappa shape index (κ1) is 33.6. The van der Waals surface area contributed by atoms with Crippen LogP contribution in [0.2, 0.25) is 5.02 Å². The van der Waals surface area contributed by atoms with Crippen LogP contribution >= 0.6 is 11.6 Å². The second-order valence-electron chi connectivity index (χ2n) is 10.9. The summed E-state index contributed by atoms with van der Waals surface area (Å²) in [5.41, 5.74) is 1.73. The third-order valence-electron chi connectivity index (χ3n) is 7.64. The lowest BCUT2D eigenvalue weighted by atomic mass is 10.1. The molecule has 1 aliphatic rings. The summed E-state index contributed by atoms with van der Waals surface area (Å²) < 4.78 is 17.6. The van der Waals surface area contributed by atoms with Gasteiger partial charge in [-0.05, 0) is 78.4 Å². The van der Waals surface area contributed by atoms with Gasteiger partial charge in [-0.15, -0.1) is 0 Å². The molecule has 12 nitrogen and oxygen atoms in total. The lowest BCUT2D eigenvalue weighted by Gasteiger charge is -2.25. The Balaban J connectivity index is 1.27. The van der Waals surface area contributed by atoms with Crippen LogP contribution in [0.3, 0.4) is 0 Å². The molecule has 2 unspecified atom stereocenters. The molecule has 1 fully saturated rings. The lowest BCUT2D eigenvalue weighted by Crippen LogP contribution is -2.40. The van der Waals surface area contributed by atoms with E-state index >= 15 is 0 Å². The molecule has 13 heteroatoms. The van der Waals surface area contributed by atoms with Crippen LogP contribution < -0.4 is 24.8 Å². The Hall–Kier alpha value is -5.75. The Morgan fingerprint density at radius 1 is 0.833 bits per heavy atom. The number of ether oxygens (including phenoxy) is 3. The lowest BCUT2D eigenvalue weighted by molar-refractivity contribution is -0.132. The van der Waals surface area contributed by atoms with E-state index in [4.69, 9.17) is 25.8 Å². The number of carbonyl (C=O) groups excluding carboxylic acids is 2. The average molecular weight is 674 g/mol. The molecule has 2 atom stereocenters. The molecule has 0 aliphatic carbocycles. The van der Waals surface area contributed by atoms with Crippen LogP contribution in [-0.2, 0) is 11.2 Å². The molecule has 0 radical (unpaired) electrons. The number of amides is 3. The van der Waals surface area contributed by atoms with Crippen LogP contribution in [0.1, 0.15) is 32.7 Å². The highest BCUT2D eigenvalue weighted by molar-refractivity contribution is 6.33. The van der Waals surface area contributed by atoms with E-state index in [1.165, 1.54) is 31.4 Å². The number of carboxylic acid groups (broad SMARTS) is 2. The van der Waals surface area contributed by atoms with Crippen molar-refractivity contribution in [3.63, 3.8) is 0 Å². The second kappa shape index (κ2) is 15.2. The molecule has 0 saturated carbocycles. The van der Waals surface area contributed by atoms with Crippen LogP contribution in [0.15, 0.2) is 91.0 Å². The number of nitrogens with zero attached hydrogens (tertiary/aromatic N) is 1. The molecule has 4 aromatic rings. The van der Waals surface area contributed by atoms with Gasteiger partial charge in [-0.25, -0.2) is 14.4 Å². The topological polar surface area (TPSA) is 164 Å². The number of para-hydroxylation sites is 1. The number of aromatic carboxylic acids is 2. The first-order valence-corrected chi connectivity index (χ1v) is 15.2. The molecule has 5 rings (SSSR count). The van der Waals surface area contributed by atoms with Crippen molar-refractivity contribution in [2.75, 3.05) is 30.9 Å². The minimum absolute atomic E-state index is 0.0201. The number of carbonyl (C=O) groups is 4. The third-order valence-corrected chi connectivity index (χ3v) is 7.97. The number of nitrogens with one attached hydrogen (secondary N) is 2. The highest BCUT2D eigenvalue weighted by atomic mass is 35.5. The Bertz CT molecular complexity index is 1800. The molecule has 1 saturated heterocycles. The van der Waals surface area contributed by atoms with Crippen LogP contribution in [-0.4, -0.2) is 71.4 Å². The second-order valence-corrected chi connectivity index (χ2v) is 11.3. The standard InChI is InChI=1S/C35H32ClN3O9/c1-46-31-16-21(6-15-30(31)38-35(45)37-29-5-3-2-4-28(29)36)17-32(40)39-19-27(48-26-13-9-23(10-14-26)34(43)44)18-24(39)20-47-25-11-7-22(8-12-25)33(41)42/h2-16,24,27H,17-20H2,1H3,(H,41,42)(H,43,44)(H2,37,38,45). The zero-order chi connectivity index (χ0) is 34.2. The van der Waals surface area contributed by atoms with Gasteiger partial charge in [-0.3, -0.25) is 4.79 Å². The number of hydrogen-bond donors (Lipinski definition) is 4. The number of urea groups is 1. The van der Waals surface area contributed by atoms with E-state index in [-0.39, 0.29) is 42.6 Å². The number of rotatable bonds is 12. The van der Waals surface area contributed by atoms with Crippen molar-refractivity contribution in [1.82, 2.24) is 4.90 Å². The maximum atomic E-state index is 13.7. The monoisotopic (exact) mass is 673 g/mol. The molecular weight excluding hydrogens is 642 g/mol. The zero-order valence-electron chi connectivity index (χ0n) is 25.7. The highest BCUT2D eigenvalue weighted by Gasteiger charge is 2.37. The van der Waals surface area contributed by atoms with Crippen molar-refractivity contribution in [1.29, 1.82) is 0 Å². The summed E-state index contributed by atoms with van der Waals surface area (Å²) in [6.07, 6.45) is 0.0592. The number of methoxy groups -OCH3 is 1. The molecule has 4 aromatic carbocycles. The minimum atomic E-state index is -1.05. The number of likely N-dealkylation sites (tertiary alicyclic amines) is 1. The molecule has 1 aliphatic heterocycles. The smallest absolute Gasteiger partial charge is 0.335 e. The summed E-state index contributed by atoms with van der Waals surface area (Å²) in [5.74, 6) is -1.02. The van der Waals surface area contributed by atoms with Crippen LogP contribution in [0, 0.1) is 0 Å². The summed E-state index contributed by atoms with van der Waals surface area (Å²) in [7, 11) is 1.46. The van der Waals surface area contributed by atoms with Gasteiger partial charge in [-0.1, -0.05) is 29.8 Å². The van der Waals surface area contributed by atoms with Crippen molar-refractivity contribution in [3.8, 4) is 17.2 Å². The van der Waals surface area contributed by atoms with E-state index in [9.17, 15) is 29.4 Å². The highest BCUT2D eigenvalue weighted by Crippen LogP contribution is 2.29. The van der Waals surface area contributed by atoms with Gasteiger partial charge in [0.1, 0.15) is 30.0 Å². The molecular formula is C35H32ClN3O9. The Morgan fingerprint density at radius 3 is 2.08 bits per heavy atom.